The summed E-state index contributed by atoms with van der Waals surface area (Å²) in [5, 5.41) is 9.33. The van der Waals surface area contributed by atoms with Gasteiger partial charge in [-0.3, -0.25) is 4.79 Å². The largest absolute Gasteiger partial charge is 0.480 e. The number of hydrogen-bond donors (Lipinski definition) is 2. The zero-order valence-corrected chi connectivity index (χ0v) is 11.9. The quantitative estimate of drug-likeness (QED) is 0.889. The van der Waals surface area contributed by atoms with Crippen LogP contribution in [0.25, 0.3) is 0 Å². The van der Waals surface area contributed by atoms with E-state index in [4.69, 9.17) is 0 Å². The van der Waals surface area contributed by atoms with Crippen LogP contribution >= 0.6 is 0 Å². The van der Waals surface area contributed by atoms with E-state index in [1.54, 1.807) is 0 Å². The first-order valence-electron chi connectivity index (χ1n) is 6.49. The molecule has 0 spiro atoms. The van der Waals surface area contributed by atoms with Gasteiger partial charge in [0.15, 0.2) is 0 Å². The second-order valence-electron chi connectivity index (χ2n) is 5.13. The van der Waals surface area contributed by atoms with Crippen molar-refractivity contribution in [3.63, 3.8) is 0 Å². The summed E-state index contributed by atoms with van der Waals surface area (Å²) in [4.78, 5) is 10.7. The molecular weight excluding hydrogens is 304 g/mol. The number of carboxylic acids is 1. The summed E-state index contributed by atoms with van der Waals surface area (Å²) in [7, 11) is -4.38. The van der Waals surface area contributed by atoms with E-state index in [0.717, 1.165) is 18.6 Å². The van der Waals surface area contributed by atoms with Crippen molar-refractivity contribution in [3.05, 3.63) is 29.8 Å². The third-order valence-corrected chi connectivity index (χ3v) is 5.20. The molecule has 0 atom stereocenters. The van der Waals surface area contributed by atoms with E-state index in [1.807, 2.05) is 0 Å². The van der Waals surface area contributed by atoms with E-state index in [9.17, 15) is 27.1 Å². The van der Waals surface area contributed by atoms with Gasteiger partial charge in [0.1, 0.15) is 22.1 Å². The molecule has 0 aliphatic heterocycles. The van der Waals surface area contributed by atoms with Gasteiger partial charge in [0, 0.05) is 6.07 Å². The Labute approximate surface area is 121 Å². The molecule has 0 radical (unpaired) electrons. The Kier molecular flexibility index (Phi) is 4.29. The maximum Gasteiger partial charge on any atom is 0.324 e. The van der Waals surface area contributed by atoms with Gasteiger partial charge in [-0.1, -0.05) is 19.3 Å². The highest BCUT2D eigenvalue weighted by atomic mass is 32.2. The van der Waals surface area contributed by atoms with Gasteiger partial charge < -0.3 is 5.11 Å². The first kappa shape index (κ1) is 15.8. The van der Waals surface area contributed by atoms with Crippen molar-refractivity contribution in [2.24, 2.45) is 0 Å². The fraction of sp³-hybridized carbons (Fsp3) is 0.462. The number of carboxylic acid groups (broad SMARTS) is 1. The lowest BCUT2D eigenvalue weighted by molar-refractivity contribution is -0.145. The SMILES string of the molecule is O=C(O)C1(NS(=O)(=O)c2ccc(F)cc2F)CCCCC1. The van der Waals surface area contributed by atoms with E-state index in [0.29, 0.717) is 18.9 Å². The summed E-state index contributed by atoms with van der Waals surface area (Å²) in [6.07, 6.45) is 2.25. The van der Waals surface area contributed by atoms with Crippen LogP contribution in [-0.2, 0) is 14.8 Å². The predicted molar refractivity (Wildman–Crippen MR) is 70.1 cm³/mol. The highest BCUT2D eigenvalue weighted by molar-refractivity contribution is 7.89. The van der Waals surface area contributed by atoms with E-state index < -0.39 is 38.1 Å². The minimum absolute atomic E-state index is 0.143. The Balaban J connectivity index is 2.37. The number of sulfonamides is 1. The summed E-state index contributed by atoms with van der Waals surface area (Å²) in [6, 6.07) is 2.04. The third kappa shape index (κ3) is 3.21. The van der Waals surface area contributed by atoms with Crippen LogP contribution in [0, 0.1) is 11.6 Å². The smallest absolute Gasteiger partial charge is 0.324 e. The fourth-order valence-electron chi connectivity index (χ4n) is 2.52. The summed E-state index contributed by atoms with van der Waals surface area (Å²) in [5.74, 6) is -3.44. The molecule has 1 fully saturated rings. The molecule has 2 N–H and O–H groups in total. The van der Waals surface area contributed by atoms with Crippen LogP contribution in [0.15, 0.2) is 23.1 Å². The molecule has 1 aliphatic carbocycles. The average molecular weight is 319 g/mol. The summed E-state index contributed by atoms with van der Waals surface area (Å²) >= 11 is 0. The molecule has 21 heavy (non-hydrogen) atoms. The number of carbonyl (C=O) groups is 1. The van der Waals surface area contributed by atoms with Gasteiger partial charge in [0.25, 0.3) is 0 Å². The molecule has 0 saturated heterocycles. The summed E-state index contributed by atoms with van der Waals surface area (Å²) in [5.41, 5.74) is -1.63. The van der Waals surface area contributed by atoms with Crippen LogP contribution in [-0.4, -0.2) is 25.0 Å². The molecule has 0 heterocycles. The van der Waals surface area contributed by atoms with Crippen LogP contribution in [0.4, 0.5) is 8.78 Å². The number of aliphatic carboxylic acids is 1. The minimum atomic E-state index is -4.38. The molecule has 1 aromatic carbocycles. The van der Waals surface area contributed by atoms with Crippen molar-refractivity contribution < 1.29 is 27.1 Å². The zero-order chi connectivity index (χ0) is 15.7. The number of nitrogens with one attached hydrogen (secondary N) is 1. The van der Waals surface area contributed by atoms with Gasteiger partial charge >= 0.3 is 5.97 Å². The molecule has 116 valence electrons. The Morgan fingerprint density at radius 2 is 1.81 bits per heavy atom. The van der Waals surface area contributed by atoms with Crippen molar-refractivity contribution in [1.29, 1.82) is 0 Å². The minimum Gasteiger partial charge on any atom is -0.480 e. The van der Waals surface area contributed by atoms with Crippen LogP contribution in [0.3, 0.4) is 0 Å². The Hall–Kier alpha value is -1.54. The molecule has 5 nitrogen and oxygen atoms in total. The lowest BCUT2D eigenvalue weighted by Gasteiger charge is -2.33. The maximum atomic E-state index is 13.6. The van der Waals surface area contributed by atoms with Crippen LogP contribution in [0.2, 0.25) is 0 Å². The standard InChI is InChI=1S/C13H15F2NO4S/c14-9-4-5-11(10(15)8-9)21(19,20)16-13(12(17)18)6-2-1-3-7-13/h4-5,8,16H,1-3,6-7H2,(H,17,18). The highest BCUT2D eigenvalue weighted by Crippen LogP contribution is 2.30. The Morgan fingerprint density at radius 3 is 2.33 bits per heavy atom. The molecule has 1 aromatic rings. The number of hydrogen-bond acceptors (Lipinski definition) is 3. The first-order valence-corrected chi connectivity index (χ1v) is 7.98. The van der Waals surface area contributed by atoms with E-state index in [-0.39, 0.29) is 12.8 Å². The third-order valence-electron chi connectivity index (χ3n) is 3.63. The highest BCUT2D eigenvalue weighted by Gasteiger charge is 2.43. The normalized spacial score (nSPS) is 18.4. The van der Waals surface area contributed by atoms with Crippen LogP contribution in [0.5, 0.6) is 0 Å². The second-order valence-corrected chi connectivity index (χ2v) is 6.78. The van der Waals surface area contributed by atoms with Gasteiger partial charge in [0.05, 0.1) is 0 Å². The van der Waals surface area contributed by atoms with Gasteiger partial charge in [-0.15, -0.1) is 0 Å². The summed E-state index contributed by atoms with van der Waals surface area (Å²) < 4.78 is 53.0. The molecule has 1 saturated carbocycles. The van der Waals surface area contributed by atoms with E-state index in [1.165, 1.54) is 0 Å². The lowest BCUT2D eigenvalue weighted by Crippen LogP contribution is -2.55. The van der Waals surface area contributed by atoms with Gasteiger partial charge in [0.2, 0.25) is 10.0 Å². The molecule has 1 aliphatic rings. The van der Waals surface area contributed by atoms with Crippen LogP contribution in [0.1, 0.15) is 32.1 Å². The van der Waals surface area contributed by atoms with Gasteiger partial charge in [-0.05, 0) is 25.0 Å². The number of benzene rings is 1. The number of halogens is 2. The van der Waals surface area contributed by atoms with Crippen molar-refractivity contribution in [3.8, 4) is 0 Å². The van der Waals surface area contributed by atoms with Crippen molar-refractivity contribution in [2.75, 3.05) is 0 Å². The number of rotatable bonds is 4. The molecule has 0 bridgehead atoms. The first-order chi connectivity index (χ1) is 9.77. The lowest BCUT2D eigenvalue weighted by atomic mass is 9.83. The molecule has 0 unspecified atom stereocenters. The van der Waals surface area contributed by atoms with Gasteiger partial charge in [-0.2, -0.15) is 4.72 Å². The Bertz CT molecular complexity index is 654. The second kappa shape index (κ2) is 5.69. The molecular formula is C13H15F2NO4S. The molecule has 0 amide bonds. The monoisotopic (exact) mass is 319 g/mol. The molecule has 2 rings (SSSR count). The van der Waals surface area contributed by atoms with E-state index >= 15 is 0 Å². The average Bonchev–Trinajstić information content (AvgIpc) is 2.38. The zero-order valence-electron chi connectivity index (χ0n) is 11.1. The van der Waals surface area contributed by atoms with Crippen molar-refractivity contribution in [1.82, 2.24) is 4.72 Å². The molecule has 8 heteroatoms. The maximum absolute atomic E-state index is 13.6. The fourth-order valence-corrected chi connectivity index (χ4v) is 4.00. The summed E-state index contributed by atoms with van der Waals surface area (Å²) in [6.45, 7) is 0. The van der Waals surface area contributed by atoms with Crippen molar-refractivity contribution in [2.45, 2.75) is 42.5 Å². The topological polar surface area (TPSA) is 83.5 Å². The predicted octanol–water partition coefficient (Wildman–Crippen LogP) is 2.03. The van der Waals surface area contributed by atoms with Crippen LogP contribution < -0.4 is 4.72 Å². The molecule has 0 aromatic heterocycles. The Morgan fingerprint density at radius 1 is 1.19 bits per heavy atom. The van der Waals surface area contributed by atoms with Crippen molar-refractivity contribution >= 4 is 16.0 Å². The van der Waals surface area contributed by atoms with E-state index in [2.05, 4.69) is 4.72 Å². The van der Waals surface area contributed by atoms with Gasteiger partial charge in [-0.25, -0.2) is 17.2 Å².